The maximum atomic E-state index is 12.4. The van der Waals surface area contributed by atoms with E-state index in [1.807, 2.05) is 0 Å². The Bertz CT molecular complexity index is 935. The van der Waals surface area contributed by atoms with Crippen molar-refractivity contribution in [1.29, 1.82) is 0 Å². The minimum Gasteiger partial charge on any atom is -0.493 e. The highest BCUT2D eigenvalue weighted by Crippen LogP contribution is 2.33. The Labute approximate surface area is 170 Å². The lowest BCUT2D eigenvalue weighted by Crippen LogP contribution is -2.30. The number of esters is 1. The van der Waals surface area contributed by atoms with Crippen LogP contribution in [0.25, 0.3) is 0 Å². The first kappa shape index (κ1) is 21.2. The number of amides is 1. The van der Waals surface area contributed by atoms with Crippen molar-refractivity contribution < 1.29 is 42.1 Å². The Balaban J connectivity index is 1.63. The second-order valence-corrected chi connectivity index (χ2v) is 6.14. The zero-order chi connectivity index (χ0) is 21.7. The molecule has 1 aliphatic heterocycles. The maximum absolute atomic E-state index is 12.4. The molecular weight excluding hydrogens is 404 g/mol. The summed E-state index contributed by atoms with van der Waals surface area (Å²) in [5, 5.41) is 2.62. The van der Waals surface area contributed by atoms with Crippen molar-refractivity contribution in [3.63, 3.8) is 0 Å². The summed E-state index contributed by atoms with van der Waals surface area (Å²) in [5.74, 6) is -0.619. The second-order valence-electron chi connectivity index (χ2n) is 6.14. The molecule has 0 unspecified atom stereocenters. The van der Waals surface area contributed by atoms with Gasteiger partial charge in [-0.25, -0.2) is 4.79 Å². The number of benzene rings is 2. The van der Waals surface area contributed by atoms with Gasteiger partial charge in [0.15, 0.2) is 29.1 Å². The van der Waals surface area contributed by atoms with E-state index >= 15 is 0 Å². The first-order valence-electron chi connectivity index (χ1n) is 8.91. The third kappa shape index (κ3) is 5.07. The third-order valence-corrected chi connectivity index (χ3v) is 4.08. The normalized spacial score (nSPS) is 13.4. The number of alkyl halides is 2. The van der Waals surface area contributed by atoms with Crippen LogP contribution in [0.15, 0.2) is 36.4 Å². The smallest absolute Gasteiger partial charge is 0.387 e. The molecule has 0 saturated heterocycles. The number of carbonyl (C=O) groups is 2. The number of carbonyl (C=O) groups excluding carboxylic acids is 2. The van der Waals surface area contributed by atoms with E-state index in [-0.39, 0.29) is 17.1 Å². The summed E-state index contributed by atoms with van der Waals surface area (Å²) < 4.78 is 50.1. The van der Waals surface area contributed by atoms with Gasteiger partial charge in [0.05, 0.1) is 12.7 Å². The number of hydrogen-bond donors (Lipinski definition) is 1. The summed E-state index contributed by atoms with van der Waals surface area (Å²) >= 11 is 0. The molecule has 1 N–H and O–H groups in total. The van der Waals surface area contributed by atoms with Crippen LogP contribution in [0.2, 0.25) is 0 Å². The Morgan fingerprint density at radius 1 is 1.03 bits per heavy atom. The first-order valence-corrected chi connectivity index (χ1v) is 8.91. The van der Waals surface area contributed by atoms with Gasteiger partial charge in [-0.05, 0) is 37.3 Å². The number of hydrogen-bond acceptors (Lipinski definition) is 7. The third-order valence-electron chi connectivity index (χ3n) is 4.08. The molecule has 30 heavy (non-hydrogen) atoms. The van der Waals surface area contributed by atoms with E-state index in [4.69, 9.17) is 18.9 Å². The molecule has 10 heteroatoms. The molecule has 8 nitrogen and oxygen atoms in total. The summed E-state index contributed by atoms with van der Waals surface area (Å²) in [6.07, 6.45) is -1.13. The number of halogens is 2. The topological polar surface area (TPSA) is 92.3 Å². The van der Waals surface area contributed by atoms with Crippen molar-refractivity contribution in [2.45, 2.75) is 19.6 Å². The highest BCUT2D eigenvalue weighted by atomic mass is 19.3. The summed E-state index contributed by atoms with van der Waals surface area (Å²) in [6.45, 7) is -0.785. The summed E-state index contributed by atoms with van der Waals surface area (Å²) in [5.41, 5.74) is 0.453. The maximum Gasteiger partial charge on any atom is 0.387 e. The molecular formula is C20H19F2NO7. The van der Waals surface area contributed by atoms with Gasteiger partial charge in [-0.3, -0.25) is 4.79 Å². The second kappa shape index (κ2) is 9.29. The number of methoxy groups -OCH3 is 1. The summed E-state index contributed by atoms with van der Waals surface area (Å²) in [6, 6.07) is 8.47. The number of rotatable bonds is 7. The fourth-order valence-electron chi connectivity index (χ4n) is 2.64. The van der Waals surface area contributed by atoms with E-state index in [0.29, 0.717) is 30.4 Å². The average molecular weight is 423 g/mol. The zero-order valence-corrected chi connectivity index (χ0v) is 16.1. The van der Waals surface area contributed by atoms with Crippen molar-refractivity contribution in [3.05, 3.63) is 42.0 Å². The summed E-state index contributed by atoms with van der Waals surface area (Å²) in [7, 11) is 1.24. The fourth-order valence-corrected chi connectivity index (χ4v) is 2.64. The van der Waals surface area contributed by atoms with Crippen LogP contribution in [0.1, 0.15) is 17.3 Å². The van der Waals surface area contributed by atoms with E-state index in [2.05, 4.69) is 10.1 Å². The van der Waals surface area contributed by atoms with Crippen molar-refractivity contribution in [1.82, 2.24) is 0 Å². The van der Waals surface area contributed by atoms with Gasteiger partial charge in [-0.1, -0.05) is 0 Å². The highest BCUT2D eigenvalue weighted by Gasteiger charge is 2.22. The molecule has 2 aromatic carbocycles. The molecule has 0 aliphatic carbocycles. The van der Waals surface area contributed by atoms with Gasteiger partial charge in [0.1, 0.15) is 13.2 Å². The monoisotopic (exact) mass is 423 g/mol. The number of nitrogens with one attached hydrogen (secondary N) is 1. The quantitative estimate of drug-likeness (QED) is 0.684. The van der Waals surface area contributed by atoms with E-state index in [1.54, 1.807) is 18.2 Å². The molecule has 0 radical (unpaired) electrons. The molecule has 2 aromatic rings. The van der Waals surface area contributed by atoms with Crippen LogP contribution in [0, 0.1) is 0 Å². The predicted molar refractivity (Wildman–Crippen MR) is 101 cm³/mol. The van der Waals surface area contributed by atoms with Gasteiger partial charge in [0, 0.05) is 11.8 Å². The Kier molecular flexibility index (Phi) is 6.55. The van der Waals surface area contributed by atoms with Gasteiger partial charge in [0.2, 0.25) is 0 Å². The fraction of sp³-hybridized carbons (Fsp3) is 0.300. The molecule has 0 aromatic heterocycles. The zero-order valence-electron chi connectivity index (χ0n) is 16.1. The van der Waals surface area contributed by atoms with Crippen LogP contribution < -0.4 is 24.3 Å². The summed E-state index contributed by atoms with van der Waals surface area (Å²) in [4.78, 5) is 24.7. The SMILES string of the molecule is COc1cc(C(=O)O[C@@H](C)C(=O)Nc2ccc3c(c2)OCCO3)ccc1OC(F)F. The van der Waals surface area contributed by atoms with Crippen molar-refractivity contribution in [2.24, 2.45) is 0 Å². The van der Waals surface area contributed by atoms with Gasteiger partial charge in [0.25, 0.3) is 5.91 Å². The average Bonchev–Trinajstić information content (AvgIpc) is 2.73. The van der Waals surface area contributed by atoms with Crippen LogP contribution in [0.3, 0.4) is 0 Å². The van der Waals surface area contributed by atoms with Gasteiger partial charge in [-0.2, -0.15) is 8.78 Å². The minimum atomic E-state index is -3.04. The van der Waals surface area contributed by atoms with E-state index in [0.717, 1.165) is 6.07 Å². The molecule has 1 atom stereocenters. The Morgan fingerprint density at radius 3 is 2.47 bits per heavy atom. The van der Waals surface area contributed by atoms with E-state index < -0.39 is 24.6 Å². The number of anilines is 1. The number of ether oxygens (including phenoxy) is 5. The number of fused-ring (bicyclic) bond motifs is 1. The molecule has 0 bridgehead atoms. The standard InChI is InChI=1S/C20H19F2NO7/c1-11(18(24)23-13-4-6-14-17(10-13)28-8-7-27-14)29-19(25)12-3-5-15(30-20(21)22)16(9-12)26-2/h3-6,9-11,20H,7-8H2,1-2H3,(H,23,24)/t11-/m0/s1. The van der Waals surface area contributed by atoms with Gasteiger partial charge < -0.3 is 29.0 Å². The van der Waals surface area contributed by atoms with Crippen LogP contribution >= 0.6 is 0 Å². The lowest BCUT2D eigenvalue weighted by molar-refractivity contribution is -0.123. The lowest BCUT2D eigenvalue weighted by Gasteiger charge is -2.19. The molecule has 1 amide bonds. The molecule has 0 saturated carbocycles. The Hall–Kier alpha value is -3.56. The van der Waals surface area contributed by atoms with Crippen molar-refractivity contribution in [3.8, 4) is 23.0 Å². The molecule has 1 aliphatic rings. The van der Waals surface area contributed by atoms with Crippen LogP contribution in [0.5, 0.6) is 23.0 Å². The van der Waals surface area contributed by atoms with Crippen molar-refractivity contribution in [2.75, 3.05) is 25.6 Å². The van der Waals surface area contributed by atoms with Crippen LogP contribution in [-0.4, -0.2) is 44.9 Å². The van der Waals surface area contributed by atoms with Gasteiger partial charge >= 0.3 is 12.6 Å². The van der Waals surface area contributed by atoms with Crippen LogP contribution in [-0.2, 0) is 9.53 Å². The molecule has 3 rings (SSSR count). The van der Waals surface area contributed by atoms with Gasteiger partial charge in [-0.15, -0.1) is 0 Å². The van der Waals surface area contributed by atoms with E-state index in [9.17, 15) is 18.4 Å². The first-order chi connectivity index (χ1) is 14.4. The van der Waals surface area contributed by atoms with E-state index in [1.165, 1.54) is 26.2 Å². The van der Waals surface area contributed by atoms with Crippen molar-refractivity contribution >= 4 is 17.6 Å². The minimum absolute atomic E-state index is 0.00689. The molecule has 1 heterocycles. The lowest BCUT2D eigenvalue weighted by atomic mass is 10.2. The molecule has 0 fully saturated rings. The largest absolute Gasteiger partial charge is 0.493 e. The molecule has 0 spiro atoms. The molecule has 160 valence electrons. The highest BCUT2D eigenvalue weighted by molar-refractivity contribution is 5.97. The van der Waals surface area contributed by atoms with Crippen LogP contribution in [0.4, 0.5) is 14.5 Å². The predicted octanol–water partition coefficient (Wildman–Crippen LogP) is 3.25. The Morgan fingerprint density at radius 2 is 1.77 bits per heavy atom.